The highest BCUT2D eigenvalue weighted by Gasteiger charge is 2.31. The number of carbonyl (C=O) groups excluding carboxylic acids is 1. The van der Waals surface area contributed by atoms with Crippen LogP contribution in [0.25, 0.3) is 5.69 Å². The molecular weight excluding hydrogens is 363 g/mol. The largest absolute Gasteiger partial charge is 0.375 e. The van der Waals surface area contributed by atoms with Crippen LogP contribution < -0.4 is 10.6 Å². The molecule has 1 aromatic carbocycles. The third-order valence-electron chi connectivity index (χ3n) is 4.48. The molecule has 140 valence electrons. The molecule has 1 aliphatic carbocycles. The van der Waals surface area contributed by atoms with Crippen molar-refractivity contribution in [3.05, 3.63) is 29.8 Å². The Hall–Kier alpha value is -2.10. The molecule has 0 bridgehead atoms. The molecule has 2 atom stereocenters. The monoisotopic (exact) mass is 382 g/mol. The molecule has 1 saturated carbocycles. The van der Waals surface area contributed by atoms with Crippen LogP contribution in [-0.4, -0.2) is 51.4 Å². The lowest BCUT2D eigenvalue weighted by Crippen LogP contribution is -2.53. The number of nitrogens with zero attached hydrogens (tertiary/aromatic N) is 4. The van der Waals surface area contributed by atoms with E-state index in [9.17, 15) is 9.18 Å². The summed E-state index contributed by atoms with van der Waals surface area (Å²) in [5.41, 5.74) is 0.712. The maximum atomic E-state index is 14.3. The van der Waals surface area contributed by atoms with Crippen LogP contribution in [-0.2, 0) is 9.53 Å². The standard InChI is InChI=1S/C16H19FN6O2.ClH/c1-9-14(18-6-7-25-9)16(24)19-11-4-5-12(17)13(8-11)23-15(10-2-3-10)20-21-22-23;/h4-5,8-10,14,18H,2-3,6-7H2,1H3,(H,19,24);1H/t9-,14+;/m1./s1. The van der Waals surface area contributed by atoms with Crippen LogP contribution in [0.1, 0.15) is 31.5 Å². The Kier molecular flexibility index (Phi) is 5.49. The Morgan fingerprint density at radius 3 is 2.96 bits per heavy atom. The number of tetrazole rings is 1. The van der Waals surface area contributed by atoms with Gasteiger partial charge in [-0.15, -0.1) is 17.5 Å². The van der Waals surface area contributed by atoms with Gasteiger partial charge in [0.25, 0.3) is 0 Å². The van der Waals surface area contributed by atoms with Crippen molar-refractivity contribution in [3.63, 3.8) is 0 Å². The van der Waals surface area contributed by atoms with Crippen molar-refractivity contribution < 1.29 is 13.9 Å². The fraction of sp³-hybridized carbons (Fsp3) is 0.500. The second kappa shape index (κ2) is 7.65. The van der Waals surface area contributed by atoms with E-state index in [0.717, 1.165) is 12.8 Å². The van der Waals surface area contributed by atoms with Crippen LogP contribution in [0, 0.1) is 5.82 Å². The topological polar surface area (TPSA) is 94.0 Å². The van der Waals surface area contributed by atoms with E-state index in [1.807, 2.05) is 6.92 Å². The summed E-state index contributed by atoms with van der Waals surface area (Å²) in [4.78, 5) is 12.5. The summed E-state index contributed by atoms with van der Waals surface area (Å²) in [7, 11) is 0. The molecule has 8 nitrogen and oxygen atoms in total. The Balaban J connectivity index is 0.00000196. The van der Waals surface area contributed by atoms with Crippen LogP contribution in [0.15, 0.2) is 18.2 Å². The molecule has 0 radical (unpaired) electrons. The van der Waals surface area contributed by atoms with Crippen LogP contribution in [0.5, 0.6) is 0 Å². The first-order chi connectivity index (χ1) is 12.1. The van der Waals surface area contributed by atoms with E-state index in [1.165, 1.54) is 16.8 Å². The first-order valence-corrected chi connectivity index (χ1v) is 8.37. The molecule has 26 heavy (non-hydrogen) atoms. The highest BCUT2D eigenvalue weighted by atomic mass is 35.5. The summed E-state index contributed by atoms with van der Waals surface area (Å²) in [6.45, 7) is 3.04. The van der Waals surface area contributed by atoms with Crippen molar-refractivity contribution in [3.8, 4) is 5.69 Å². The highest BCUT2D eigenvalue weighted by Crippen LogP contribution is 2.39. The zero-order chi connectivity index (χ0) is 17.4. The minimum absolute atomic E-state index is 0. The summed E-state index contributed by atoms with van der Waals surface area (Å²) < 4.78 is 21.2. The van der Waals surface area contributed by atoms with Gasteiger partial charge in [-0.05, 0) is 48.4 Å². The van der Waals surface area contributed by atoms with Gasteiger partial charge in [0.05, 0.1) is 12.7 Å². The number of ether oxygens (including phenoxy) is 1. The van der Waals surface area contributed by atoms with Gasteiger partial charge in [0.2, 0.25) is 5.91 Å². The van der Waals surface area contributed by atoms with Gasteiger partial charge in [0, 0.05) is 18.2 Å². The highest BCUT2D eigenvalue weighted by molar-refractivity contribution is 5.95. The predicted octanol–water partition coefficient (Wildman–Crippen LogP) is 1.42. The number of hydrogen-bond acceptors (Lipinski definition) is 6. The molecule has 1 amide bonds. The van der Waals surface area contributed by atoms with Gasteiger partial charge in [0.1, 0.15) is 17.5 Å². The van der Waals surface area contributed by atoms with Gasteiger partial charge in [-0.25, -0.2) is 4.39 Å². The predicted molar refractivity (Wildman–Crippen MR) is 94.2 cm³/mol. The lowest BCUT2D eigenvalue weighted by molar-refractivity contribution is -0.123. The van der Waals surface area contributed by atoms with E-state index in [4.69, 9.17) is 4.74 Å². The van der Waals surface area contributed by atoms with Gasteiger partial charge in [-0.1, -0.05) is 0 Å². The van der Waals surface area contributed by atoms with E-state index in [1.54, 1.807) is 6.07 Å². The summed E-state index contributed by atoms with van der Waals surface area (Å²) in [6.07, 6.45) is 1.78. The normalized spacial score (nSPS) is 22.5. The molecule has 1 aliphatic heterocycles. The number of hydrogen-bond donors (Lipinski definition) is 2. The van der Waals surface area contributed by atoms with Crippen molar-refractivity contribution >= 4 is 24.0 Å². The molecule has 2 fully saturated rings. The Morgan fingerprint density at radius 2 is 2.23 bits per heavy atom. The fourth-order valence-electron chi connectivity index (χ4n) is 2.96. The zero-order valence-corrected chi connectivity index (χ0v) is 15.0. The first kappa shape index (κ1) is 18.7. The van der Waals surface area contributed by atoms with E-state index in [-0.39, 0.29) is 36.0 Å². The van der Waals surface area contributed by atoms with Crippen LogP contribution in [0.4, 0.5) is 10.1 Å². The Labute approximate surface area is 155 Å². The van der Waals surface area contributed by atoms with Crippen molar-refractivity contribution in [2.75, 3.05) is 18.5 Å². The molecule has 1 saturated heterocycles. The van der Waals surface area contributed by atoms with Gasteiger partial charge < -0.3 is 15.4 Å². The summed E-state index contributed by atoms with van der Waals surface area (Å²) in [5.74, 6) is 0.263. The quantitative estimate of drug-likeness (QED) is 0.830. The molecule has 2 N–H and O–H groups in total. The summed E-state index contributed by atoms with van der Waals surface area (Å²) >= 11 is 0. The minimum Gasteiger partial charge on any atom is -0.375 e. The number of anilines is 1. The molecule has 2 heterocycles. The third-order valence-corrected chi connectivity index (χ3v) is 4.48. The van der Waals surface area contributed by atoms with Gasteiger partial charge >= 0.3 is 0 Å². The maximum absolute atomic E-state index is 14.3. The average molecular weight is 383 g/mol. The molecule has 4 rings (SSSR count). The second-order valence-corrected chi connectivity index (χ2v) is 6.39. The molecule has 2 aliphatic rings. The van der Waals surface area contributed by atoms with Crippen LogP contribution in [0.2, 0.25) is 0 Å². The lowest BCUT2D eigenvalue weighted by atomic mass is 10.1. The molecule has 0 unspecified atom stereocenters. The van der Waals surface area contributed by atoms with E-state index in [2.05, 4.69) is 26.2 Å². The number of rotatable bonds is 4. The summed E-state index contributed by atoms with van der Waals surface area (Å²) in [6, 6.07) is 3.92. The number of nitrogens with one attached hydrogen (secondary N) is 2. The number of morpholine rings is 1. The average Bonchev–Trinajstić information content (AvgIpc) is 3.34. The lowest BCUT2D eigenvalue weighted by Gasteiger charge is -2.29. The Bertz CT molecular complexity index is 797. The van der Waals surface area contributed by atoms with Crippen molar-refractivity contribution in [1.82, 2.24) is 25.5 Å². The number of carbonyl (C=O) groups is 1. The third kappa shape index (κ3) is 3.69. The molecule has 10 heteroatoms. The van der Waals surface area contributed by atoms with Gasteiger partial charge in [0.15, 0.2) is 5.82 Å². The van der Waals surface area contributed by atoms with Gasteiger partial charge in [-0.2, -0.15) is 4.68 Å². The maximum Gasteiger partial charge on any atom is 0.244 e. The molecule has 2 aromatic rings. The Morgan fingerprint density at radius 1 is 1.42 bits per heavy atom. The molecular formula is C16H20ClFN6O2. The fourth-order valence-corrected chi connectivity index (χ4v) is 2.96. The number of amides is 1. The van der Waals surface area contributed by atoms with E-state index >= 15 is 0 Å². The van der Waals surface area contributed by atoms with Crippen molar-refractivity contribution in [2.24, 2.45) is 0 Å². The van der Waals surface area contributed by atoms with Crippen LogP contribution in [0.3, 0.4) is 0 Å². The second-order valence-electron chi connectivity index (χ2n) is 6.39. The minimum atomic E-state index is -0.447. The zero-order valence-electron chi connectivity index (χ0n) is 14.2. The van der Waals surface area contributed by atoms with Crippen molar-refractivity contribution in [2.45, 2.75) is 37.8 Å². The number of halogens is 2. The smallest absolute Gasteiger partial charge is 0.244 e. The van der Waals surface area contributed by atoms with E-state index < -0.39 is 11.9 Å². The number of aromatic nitrogens is 4. The van der Waals surface area contributed by atoms with Crippen molar-refractivity contribution in [1.29, 1.82) is 0 Å². The van der Waals surface area contributed by atoms with Gasteiger partial charge in [-0.3, -0.25) is 4.79 Å². The number of benzene rings is 1. The molecule has 1 aromatic heterocycles. The SMILES string of the molecule is C[C@H]1OCCN[C@@H]1C(=O)Nc1ccc(F)c(-n2nnnc2C2CC2)c1.Cl. The van der Waals surface area contributed by atoms with E-state index in [0.29, 0.717) is 24.7 Å². The summed E-state index contributed by atoms with van der Waals surface area (Å²) in [5, 5.41) is 17.5. The molecule has 0 spiro atoms. The van der Waals surface area contributed by atoms with Crippen LogP contribution >= 0.6 is 12.4 Å². The first-order valence-electron chi connectivity index (χ1n) is 8.37.